The van der Waals surface area contributed by atoms with Crippen LogP contribution in [0.5, 0.6) is 0 Å². The summed E-state index contributed by atoms with van der Waals surface area (Å²) in [6, 6.07) is 3.88. The van der Waals surface area contributed by atoms with Gasteiger partial charge in [0, 0.05) is 19.9 Å². The Kier molecular flexibility index (Phi) is 5.73. The maximum Gasteiger partial charge on any atom is 0.123 e. The van der Waals surface area contributed by atoms with Crippen molar-refractivity contribution in [2.75, 3.05) is 32.7 Å². The number of hydrogen-bond acceptors (Lipinski definition) is 4. The van der Waals surface area contributed by atoms with Gasteiger partial charge in [0.1, 0.15) is 5.82 Å². The minimum absolute atomic E-state index is 0.577. The van der Waals surface area contributed by atoms with Gasteiger partial charge >= 0.3 is 0 Å². The first-order valence-electron chi connectivity index (χ1n) is 5.10. The zero-order valence-corrected chi connectivity index (χ0v) is 9.11. The molecule has 0 unspecified atom stereocenters. The second kappa shape index (κ2) is 7.20. The topological polar surface area (TPSA) is 57.4 Å². The molecule has 0 amide bonds. The molecule has 15 heavy (non-hydrogen) atoms. The number of aryl methyl sites for hydroxylation is 1. The number of nitrogens with two attached hydrogens (primary N) is 1. The molecule has 1 aromatic rings. The minimum atomic E-state index is 0.577. The minimum Gasteiger partial charge on any atom is -0.384 e. The summed E-state index contributed by atoms with van der Waals surface area (Å²) in [6.07, 6.45) is 3.70. The molecule has 0 aromatic carbocycles. The molecule has 4 nitrogen and oxygen atoms in total. The molecule has 0 spiro atoms. The summed E-state index contributed by atoms with van der Waals surface area (Å²) in [5.41, 5.74) is 6.78. The van der Waals surface area contributed by atoms with Crippen molar-refractivity contribution in [1.82, 2.24) is 4.98 Å². The van der Waals surface area contributed by atoms with E-state index < -0.39 is 0 Å². The number of pyridine rings is 1. The van der Waals surface area contributed by atoms with Crippen molar-refractivity contribution in [3.8, 4) is 0 Å². The van der Waals surface area contributed by atoms with E-state index in [1.165, 1.54) is 5.56 Å². The maximum absolute atomic E-state index is 5.57. The summed E-state index contributed by atoms with van der Waals surface area (Å²) in [5.74, 6) is 0.577. The molecule has 0 fully saturated rings. The first kappa shape index (κ1) is 11.9. The highest BCUT2D eigenvalue weighted by Gasteiger charge is 1.95. The summed E-state index contributed by atoms with van der Waals surface area (Å²) < 4.78 is 10.2. The lowest BCUT2D eigenvalue weighted by atomic mass is 10.1. The number of nitrogen functional groups attached to an aromatic ring is 1. The van der Waals surface area contributed by atoms with E-state index in [0.717, 1.165) is 19.4 Å². The molecule has 0 aliphatic rings. The van der Waals surface area contributed by atoms with Crippen LogP contribution in [0.25, 0.3) is 0 Å². The Labute approximate surface area is 90.4 Å². The molecule has 0 radical (unpaired) electrons. The van der Waals surface area contributed by atoms with E-state index in [4.69, 9.17) is 15.2 Å². The monoisotopic (exact) mass is 210 g/mol. The average molecular weight is 210 g/mol. The smallest absolute Gasteiger partial charge is 0.123 e. The predicted molar refractivity (Wildman–Crippen MR) is 59.7 cm³/mol. The van der Waals surface area contributed by atoms with Gasteiger partial charge in [-0.15, -0.1) is 0 Å². The summed E-state index contributed by atoms with van der Waals surface area (Å²) >= 11 is 0. The first-order valence-corrected chi connectivity index (χ1v) is 5.10. The number of hydrogen-bond donors (Lipinski definition) is 1. The molecule has 0 bridgehead atoms. The Hall–Kier alpha value is -1.13. The number of nitrogens with zero attached hydrogens (tertiary/aromatic N) is 1. The lowest BCUT2D eigenvalue weighted by Gasteiger charge is -2.04. The third-order valence-electron chi connectivity index (χ3n) is 2.03. The molecular formula is C11H18N2O2. The van der Waals surface area contributed by atoms with Gasteiger partial charge in [0.2, 0.25) is 0 Å². The largest absolute Gasteiger partial charge is 0.384 e. The van der Waals surface area contributed by atoms with Crippen molar-refractivity contribution in [3.05, 3.63) is 23.9 Å². The lowest BCUT2D eigenvalue weighted by Crippen LogP contribution is -2.04. The van der Waals surface area contributed by atoms with Gasteiger partial charge in [-0.25, -0.2) is 4.98 Å². The van der Waals surface area contributed by atoms with Crippen LogP contribution < -0.4 is 5.73 Å². The van der Waals surface area contributed by atoms with Crippen LogP contribution in [0.4, 0.5) is 5.82 Å². The zero-order chi connectivity index (χ0) is 10.9. The molecule has 0 aliphatic heterocycles. The Morgan fingerprint density at radius 1 is 1.33 bits per heavy atom. The maximum atomic E-state index is 5.57. The van der Waals surface area contributed by atoms with Crippen LogP contribution in [0.15, 0.2) is 18.3 Å². The molecule has 2 N–H and O–H groups in total. The Morgan fingerprint density at radius 3 is 2.93 bits per heavy atom. The van der Waals surface area contributed by atoms with Crippen molar-refractivity contribution in [3.63, 3.8) is 0 Å². The van der Waals surface area contributed by atoms with Crippen LogP contribution in [-0.2, 0) is 15.9 Å². The molecule has 0 atom stereocenters. The van der Waals surface area contributed by atoms with Crippen LogP contribution in [0.1, 0.15) is 12.0 Å². The van der Waals surface area contributed by atoms with E-state index in [2.05, 4.69) is 4.98 Å². The fourth-order valence-corrected chi connectivity index (χ4v) is 1.27. The van der Waals surface area contributed by atoms with Gasteiger partial charge in [0.05, 0.1) is 13.2 Å². The van der Waals surface area contributed by atoms with E-state index in [9.17, 15) is 0 Å². The van der Waals surface area contributed by atoms with E-state index in [0.29, 0.717) is 19.0 Å². The molecule has 1 rings (SSSR count). The average Bonchev–Trinajstić information content (AvgIpc) is 2.23. The van der Waals surface area contributed by atoms with E-state index in [-0.39, 0.29) is 0 Å². The van der Waals surface area contributed by atoms with Crippen LogP contribution in [-0.4, -0.2) is 31.9 Å². The van der Waals surface area contributed by atoms with E-state index in [1.54, 1.807) is 13.3 Å². The molecule has 0 aliphatic carbocycles. The van der Waals surface area contributed by atoms with Crippen LogP contribution in [0, 0.1) is 0 Å². The van der Waals surface area contributed by atoms with Crippen LogP contribution in [0.3, 0.4) is 0 Å². The van der Waals surface area contributed by atoms with E-state index >= 15 is 0 Å². The SMILES string of the molecule is COCCOCCCc1ccnc(N)c1. The number of ether oxygens (including phenoxy) is 2. The number of methoxy groups -OCH3 is 1. The molecule has 0 saturated heterocycles. The predicted octanol–water partition coefficient (Wildman–Crippen LogP) is 1.26. The second-order valence-corrected chi connectivity index (χ2v) is 3.30. The number of anilines is 1. The summed E-state index contributed by atoms with van der Waals surface area (Å²) in [6.45, 7) is 2.07. The van der Waals surface area contributed by atoms with Gasteiger partial charge in [-0.3, -0.25) is 0 Å². The lowest BCUT2D eigenvalue weighted by molar-refractivity contribution is 0.0695. The molecule has 4 heteroatoms. The quantitative estimate of drug-likeness (QED) is 0.688. The van der Waals surface area contributed by atoms with Crippen molar-refractivity contribution in [2.24, 2.45) is 0 Å². The number of aromatic nitrogens is 1. The van der Waals surface area contributed by atoms with Gasteiger partial charge in [-0.2, -0.15) is 0 Å². The summed E-state index contributed by atoms with van der Waals surface area (Å²) in [5, 5.41) is 0. The van der Waals surface area contributed by atoms with E-state index in [1.807, 2.05) is 12.1 Å². The molecule has 1 heterocycles. The van der Waals surface area contributed by atoms with Crippen LogP contribution in [0.2, 0.25) is 0 Å². The van der Waals surface area contributed by atoms with Gasteiger partial charge in [-0.1, -0.05) is 0 Å². The van der Waals surface area contributed by atoms with Crippen LogP contribution >= 0.6 is 0 Å². The fraction of sp³-hybridized carbons (Fsp3) is 0.545. The molecule has 0 saturated carbocycles. The number of rotatable bonds is 7. The van der Waals surface area contributed by atoms with Gasteiger partial charge < -0.3 is 15.2 Å². The summed E-state index contributed by atoms with van der Waals surface area (Å²) in [7, 11) is 1.67. The Morgan fingerprint density at radius 2 is 2.20 bits per heavy atom. The standard InChI is InChI=1S/C11H18N2O2/c1-14-7-8-15-6-2-3-10-4-5-13-11(12)9-10/h4-5,9H,2-3,6-8H2,1H3,(H2,12,13). The molecular weight excluding hydrogens is 192 g/mol. The third kappa shape index (κ3) is 5.34. The highest BCUT2D eigenvalue weighted by Crippen LogP contribution is 2.05. The highest BCUT2D eigenvalue weighted by molar-refractivity contribution is 5.31. The van der Waals surface area contributed by atoms with Crippen molar-refractivity contribution >= 4 is 5.82 Å². The zero-order valence-electron chi connectivity index (χ0n) is 9.11. The van der Waals surface area contributed by atoms with Crippen molar-refractivity contribution in [1.29, 1.82) is 0 Å². The Bertz CT molecular complexity index is 279. The summed E-state index contributed by atoms with van der Waals surface area (Å²) in [4.78, 5) is 3.94. The normalized spacial score (nSPS) is 10.5. The first-order chi connectivity index (χ1) is 7.33. The van der Waals surface area contributed by atoms with Crippen molar-refractivity contribution in [2.45, 2.75) is 12.8 Å². The third-order valence-corrected chi connectivity index (χ3v) is 2.03. The van der Waals surface area contributed by atoms with Gasteiger partial charge in [0.25, 0.3) is 0 Å². The Balaban J connectivity index is 2.10. The fourth-order valence-electron chi connectivity index (χ4n) is 1.27. The second-order valence-electron chi connectivity index (χ2n) is 3.30. The van der Waals surface area contributed by atoms with Crippen molar-refractivity contribution < 1.29 is 9.47 Å². The van der Waals surface area contributed by atoms with Gasteiger partial charge in [0.15, 0.2) is 0 Å². The highest BCUT2D eigenvalue weighted by atomic mass is 16.5. The molecule has 84 valence electrons. The molecule has 1 aromatic heterocycles. The van der Waals surface area contributed by atoms with Gasteiger partial charge in [-0.05, 0) is 30.5 Å².